The summed E-state index contributed by atoms with van der Waals surface area (Å²) in [5.74, 6) is 0.181. The Morgan fingerprint density at radius 3 is 2.88 bits per heavy atom. The van der Waals surface area contributed by atoms with Crippen LogP contribution in [-0.2, 0) is 4.79 Å². The number of fused-ring (bicyclic) bond motifs is 1. The summed E-state index contributed by atoms with van der Waals surface area (Å²) in [4.78, 5) is 16.5. The van der Waals surface area contributed by atoms with Crippen molar-refractivity contribution in [1.82, 2.24) is 9.80 Å². The summed E-state index contributed by atoms with van der Waals surface area (Å²) in [7, 11) is 0. The average Bonchev–Trinajstić information content (AvgIpc) is 2.28. The molecule has 0 spiro atoms. The molecule has 2 atom stereocenters. The zero-order valence-corrected chi connectivity index (χ0v) is 10.4. The molecule has 0 radical (unpaired) electrons. The average molecular weight is 222 g/mol. The lowest BCUT2D eigenvalue weighted by Crippen LogP contribution is -2.59. The highest BCUT2D eigenvalue weighted by molar-refractivity contribution is 5.87. The summed E-state index contributed by atoms with van der Waals surface area (Å²) in [5.41, 5.74) is 0. The molecule has 2 rings (SSSR count). The second-order valence-electron chi connectivity index (χ2n) is 4.98. The van der Waals surface area contributed by atoms with Crippen molar-refractivity contribution in [1.29, 1.82) is 0 Å². The molecule has 0 aromatic heterocycles. The minimum absolute atomic E-state index is 0.181. The lowest BCUT2D eigenvalue weighted by atomic mass is 9.97. The van der Waals surface area contributed by atoms with Gasteiger partial charge in [0.05, 0.1) is 0 Å². The molecule has 0 aliphatic carbocycles. The molecule has 2 saturated heterocycles. The van der Waals surface area contributed by atoms with Crippen molar-refractivity contribution in [2.75, 3.05) is 19.6 Å². The highest BCUT2D eigenvalue weighted by Crippen LogP contribution is 2.24. The first-order chi connectivity index (χ1) is 7.72. The predicted octanol–water partition coefficient (Wildman–Crippen LogP) is 1.65. The van der Waals surface area contributed by atoms with E-state index in [-0.39, 0.29) is 5.91 Å². The zero-order valence-electron chi connectivity index (χ0n) is 10.4. The van der Waals surface area contributed by atoms with E-state index < -0.39 is 0 Å². The molecule has 2 aliphatic heterocycles. The van der Waals surface area contributed by atoms with Crippen molar-refractivity contribution in [2.24, 2.45) is 0 Å². The molecule has 3 nitrogen and oxygen atoms in total. The van der Waals surface area contributed by atoms with Crippen LogP contribution in [0.5, 0.6) is 0 Å². The SMILES string of the molecule is CC=CC(=O)N1CC2CCCCN2CC1C. The van der Waals surface area contributed by atoms with E-state index >= 15 is 0 Å². The molecule has 0 bridgehead atoms. The van der Waals surface area contributed by atoms with Gasteiger partial charge < -0.3 is 4.90 Å². The topological polar surface area (TPSA) is 23.6 Å². The van der Waals surface area contributed by atoms with Gasteiger partial charge >= 0.3 is 0 Å². The second kappa shape index (κ2) is 5.00. The Hall–Kier alpha value is -0.830. The molecule has 1 amide bonds. The van der Waals surface area contributed by atoms with Gasteiger partial charge in [0.2, 0.25) is 5.91 Å². The van der Waals surface area contributed by atoms with Crippen LogP contribution < -0.4 is 0 Å². The number of hydrogen-bond donors (Lipinski definition) is 0. The van der Waals surface area contributed by atoms with E-state index in [2.05, 4.69) is 11.8 Å². The maximum Gasteiger partial charge on any atom is 0.246 e. The first-order valence-electron chi connectivity index (χ1n) is 6.39. The molecule has 90 valence electrons. The number of hydrogen-bond acceptors (Lipinski definition) is 2. The molecule has 2 heterocycles. The largest absolute Gasteiger partial charge is 0.334 e. The Bertz CT molecular complexity index is 288. The fraction of sp³-hybridized carbons (Fsp3) is 0.769. The van der Waals surface area contributed by atoms with Crippen LogP contribution in [0.3, 0.4) is 0 Å². The molecule has 2 fully saturated rings. The highest BCUT2D eigenvalue weighted by atomic mass is 16.2. The maximum atomic E-state index is 11.9. The quantitative estimate of drug-likeness (QED) is 0.630. The monoisotopic (exact) mass is 222 g/mol. The van der Waals surface area contributed by atoms with Crippen molar-refractivity contribution in [3.05, 3.63) is 12.2 Å². The summed E-state index contributed by atoms with van der Waals surface area (Å²) in [6, 6.07) is 0.970. The van der Waals surface area contributed by atoms with Crippen LogP contribution in [-0.4, -0.2) is 47.4 Å². The van der Waals surface area contributed by atoms with Crippen molar-refractivity contribution >= 4 is 5.91 Å². The molecule has 2 aliphatic rings. The Morgan fingerprint density at radius 2 is 2.12 bits per heavy atom. The number of carbonyl (C=O) groups excluding carboxylic acids is 1. The van der Waals surface area contributed by atoms with Crippen LogP contribution in [0.15, 0.2) is 12.2 Å². The van der Waals surface area contributed by atoms with Crippen LogP contribution in [0.4, 0.5) is 0 Å². The van der Waals surface area contributed by atoms with Gasteiger partial charge in [-0.2, -0.15) is 0 Å². The lowest BCUT2D eigenvalue weighted by Gasteiger charge is -2.47. The first-order valence-corrected chi connectivity index (χ1v) is 6.39. The number of piperazine rings is 1. The standard InChI is InChI=1S/C13H22N2O/c1-3-6-13(16)15-10-12-7-4-5-8-14(12)9-11(15)2/h3,6,11-12H,4-5,7-10H2,1-2H3. The van der Waals surface area contributed by atoms with E-state index in [0.717, 1.165) is 13.1 Å². The van der Waals surface area contributed by atoms with Crippen LogP contribution >= 0.6 is 0 Å². The van der Waals surface area contributed by atoms with Gasteiger partial charge in [-0.1, -0.05) is 12.5 Å². The summed E-state index contributed by atoms with van der Waals surface area (Å²) in [6.07, 6.45) is 7.43. The third kappa shape index (κ3) is 2.29. The normalized spacial score (nSPS) is 31.8. The van der Waals surface area contributed by atoms with Gasteiger partial charge in [0.15, 0.2) is 0 Å². The summed E-state index contributed by atoms with van der Waals surface area (Å²) >= 11 is 0. The minimum Gasteiger partial charge on any atom is -0.334 e. The number of nitrogens with zero attached hydrogens (tertiary/aromatic N) is 2. The first kappa shape index (κ1) is 11.6. The molecule has 2 unspecified atom stereocenters. The van der Waals surface area contributed by atoms with Crippen molar-refractivity contribution in [2.45, 2.75) is 45.2 Å². The summed E-state index contributed by atoms with van der Waals surface area (Å²) in [5, 5.41) is 0. The van der Waals surface area contributed by atoms with Gasteiger partial charge in [-0.15, -0.1) is 0 Å². The summed E-state index contributed by atoms with van der Waals surface area (Å²) < 4.78 is 0. The Morgan fingerprint density at radius 1 is 1.31 bits per heavy atom. The van der Waals surface area contributed by atoms with Crippen molar-refractivity contribution in [3.8, 4) is 0 Å². The van der Waals surface area contributed by atoms with Gasteiger partial charge in [0, 0.05) is 25.2 Å². The van der Waals surface area contributed by atoms with E-state index in [1.807, 2.05) is 17.9 Å². The van der Waals surface area contributed by atoms with Gasteiger partial charge in [-0.25, -0.2) is 0 Å². The van der Waals surface area contributed by atoms with Gasteiger partial charge in [0.1, 0.15) is 0 Å². The molecule has 0 N–H and O–H groups in total. The fourth-order valence-corrected chi connectivity index (χ4v) is 2.90. The number of allylic oxidation sites excluding steroid dienone is 1. The molecule has 3 heteroatoms. The van der Waals surface area contributed by atoms with Crippen LogP contribution in [0.2, 0.25) is 0 Å². The lowest BCUT2D eigenvalue weighted by molar-refractivity contribution is -0.132. The van der Waals surface area contributed by atoms with Crippen LogP contribution in [0.1, 0.15) is 33.1 Å². The summed E-state index contributed by atoms with van der Waals surface area (Å²) in [6.45, 7) is 7.25. The molecule has 0 saturated carbocycles. The van der Waals surface area contributed by atoms with E-state index in [9.17, 15) is 4.79 Å². The van der Waals surface area contributed by atoms with E-state index in [0.29, 0.717) is 12.1 Å². The number of carbonyl (C=O) groups is 1. The van der Waals surface area contributed by atoms with E-state index in [1.165, 1.54) is 25.8 Å². The maximum absolute atomic E-state index is 11.9. The van der Waals surface area contributed by atoms with Crippen LogP contribution in [0.25, 0.3) is 0 Å². The number of rotatable bonds is 1. The third-order valence-electron chi connectivity index (χ3n) is 3.78. The predicted molar refractivity (Wildman–Crippen MR) is 65.2 cm³/mol. The fourth-order valence-electron chi connectivity index (χ4n) is 2.90. The number of piperidine rings is 1. The van der Waals surface area contributed by atoms with Gasteiger partial charge in [0.25, 0.3) is 0 Å². The van der Waals surface area contributed by atoms with E-state index in [1.54, 1.807) is 6.08 Å². The smallest absolute Gasteiger partial charge is 0.246 e. The molecular formula is C13H22N2O. The zero-order chi connectivity index (χ0) is 11.5. The minimum atomic E-state index is 0.181. The van der Waals surface area contributed by atoms with Crippen molar-refractivity contribution < 1.29 is 4.79 Å². The second-order valence-corrected chi connectivity index (χ2v) is 4.98. The molecule has 0 aromatic rings. The third-order valence-corrected chi connectivity index (χ3v) is 3.78. The van der Waals surface area contributed by atoms with Crippen LogP contribution in [0, 0.1) is 0 Å². The molecule has 0 aromatic carbocycles. The molecule has 16 heavy (non-hydrogen) atoms. The molecular weight excluding hydrogens is 200 g/mol. The van der Waals surface area contributed by atoms with E-state index in [4.69, 9.17) is 0 Å². The Kier molecular flexibility index (Phi) is 3.64. The Balaban J connectivity index is 2.02. The van der Waals surface area contributed by atoms with Gasteiger partial charge in [-0.05, 0) is 39.3 Å². The highest BCUT2D eigenvalue weighted by Gasteiger charge is 2.34. The Labute approximate surface area is 98.1 Å². The van der Waals surface area contributed by atoms with Crippen molar-refractivity contribution in [3.63, 3.8) is 0 Å². The van der Waals surface area contributed by atoms with Gasteiger partial charge in [-0.3, -0.25) is 9.69 Å². The number of amides is 1.